The van der Waals surface area contributed by atoms with Gasteiger partial charge in [0, 0.05) is 17.8 Å². The van der Waals surface area contributed by atoms with Crippen LogP contribution in [0.1, 0.15) is 43.6 Å². The number of methoxy groups -OCH3 is 2. The number of Topliss-reactive ketones (excluding diaryl/α,β-unsaturated/α-hetero) is 1. The zero-order chi connectivity index (χ0) is 16.6. The van der Waals surface area contributed by atoms with E-state index in [4.69, 9.17) is 9.47 Å². The molecule has 2 aliphatic rings. The molecule has 1 aromatic carbocycles. The van der Waals surface area contributed by atoms with Crippen molar-refractivity contribution in [2.45, 2.75) is 50.2 Å². The van der Waals surface area contributed by atoms with Crippen molar-refractivity contribution in [2.24, 2.45) is 5.41 Å². The smallest absolute Gasteiger partial charge is 0.161 e. The Morgan fingerprint density at radius 1 is 1.04 bits per heavy atom. The fourth-order valence-electron chi connectivity index (χ4n) is 4.21. The van der Waals surface area contributed by atoms with E-state index in [1.165, 1.54) is 0 Å². The van der Waals surface area contributed by atoms with Gasteiger partial charge in [-0.1, -0.05) is 6.07 Å². The highest BCUT2D eigenvalue weighted by Gasteiger charge is 2.53. The third-order valence-electron chi connectivity index (χ3n) is 5.64. The van der Waals surface area contributed by atoms with Crippen LogP contribution in [0.2, 0.25) is 0 Å². The predicted octanol–water partition coefficient (Wildman–Crippen LogP) is 2.04. The van der Waals surface area contributed by atoms with E-state index < -0.39 is 17.6 Å². The molecule has 5 heteroatoms. The topological polar surface area (TPSA) is 76.0 Å². The van der Waals surface area contributed by atoms with E-state index >= 15 is 0 Å². The number of hydrogen-bond donors (Lipinski definition) is 2. The second-order valence-electron chi connectivity index (χ2n) is 6.69. The van der Waals surface area contributed by atoms with E-state index in [1.54, 1.807) is 14.2 Å². The first-order chi connectivity index (χ1) is 11.0. The second-order valence-corrected chi connectivity index (χ2v) is 6.69. The Balaban J connectivity index is 1.83. The molecule has 0 aliphatic heterocycles. The molecule has 0 heterocycles. The van der Waals surface area contributed by atoms with Gasteiger partial charge in [0.05, 0.1) is 26.4 Å². The standard InChI is InChI=1S/C18H24O5/c1-22-14-4-3-11(9-15(14)23-2)12-7-8-18(10-13(12)19)16(20)5-6-17(18)21/h3-4,9,12,16-17,20-21H,5-8,10H2,1-2H3. The molecule has 3 unspecified atom stereocenters. The van der Waals surface area contributed by atoms with Crippen molar-refractivity contribution >= 4 is 5.78 Å². The van der Waals surface area contributed by atoms with Crippen molar-refractivity contribution in [3.8, 4) is 11.5 Å². The van der Waals surface area contributed by atoms with Gasteiger partial charge >= 0.3 is 0 Å². The minimum absolute atomic E-state index is 0.0865. The van der Waals surface area contributed by atoms with Crippen molar-refractivity contribution < 1.29 is 24.5 Å². The Morgan fingerprint density at radius 3 is 2.26 bits per heavy atom. The monoisotopic (exact) mass is 320 g/mol. The van der Waals surface area contributed by atoms with E-state index in [0.717, 1.165) is 5.56 Å². The third-order valence-corrected chi connectivity index (χ3v) is 5.64. The first kappa shape index (κ1) is 16.3. The lowest BCUT2D eigenvalue weighted by Crippen LogP contribution is -2.45. The molecule has 23 heavy (non-hydrogen) atoms. The van der Waals surface area contributed by atoms with Crippen molar-refractivity contribution in [3.05, 3.63) is 23.8 Å². The molecule has 2 saturated carbocycles. The number of carbonyl (C=O) groups excluding carboxylic acids is 1. The Bertz CT molecular complexity index is 587. The Labute approximate surface area is 136 Å². The maximum atomic E-state index is 12.7. The number of aliphatic hydroxyl groups excluding tert-OH is 2. The molecule has 3 atom stereocenters. The van der Waals surface area contributed by atoms with Gasteiger partial charge < -0.3 is 19.7 Å². The maximum Gasteiger partial charge on any atom is 0.161 e. The molecule has 0 bridgehead atoms. The lowest BCUT2D eigenvalue weighted by molar-refractivity contribution is -0.133. The average molecular weight is 320 g/mol. The van der Waals surface area contributed by atoms with Crippen molar-refractivity contribution in [2.75, 3.05) is 14.2 Å². The summed E-state index contributed by atoms with van der Waals surface area (Å²) in [5.41, 5.74) is 0.272. The number of aliphatic hydroxyl groups is 2. The normalized spacial score (nSPS) is 33.9. The second kappa shape index (κ2) is 6.13. The largest absolute Gasteiger partial charge is 0.493 e. The highest BCUT2D eigenvalue weighted by molar-refractivity contribution is 5.87. The highest BCUT2D eigenvalue weighted by Crippen LogP contribution is 2.51. The number of benzene rings is 1. The van der Waals surface area contributed by atoms with E-state index in [9.17, 15) is 15.0 Å². The third kappa shape index (κ3) is 2.62. The van der Waals surface area contributed by atoms with E-state index in [-0.39, 0.29) is 18.1 Å². The van der Waals surface area contributed by atoms with E-state index in [1.807, 2.05) is 18.2 Å². The SMILES string of the molecule is COc1ccc(C2CCC3(CC2=O)C(O)CCC3O)cc1OC. The predicted molar refractivity (Wildman–Crippen MR) is 84.8 cm³/mol. The average Bonchev–Trinajstić information content (AvgIpc) is 2.82. The molecule has 1 aromatic rings. The molecular weight excluding hydrogens is 296 g/mol. The van der Waals surface area contributed by atoms with Crippen LogP contribution in [-0.4, -0.2) is 42.4 Å². The van der Waals surface area contributed by atoms with E-state index in [2.05, 4.69) is 0 Å². The molecule has 2 fully saturated rings. The van der Waals surface area contributed by atoms with Crippen LogP contribution < -0.4 is 9.47 Å². The van der Waals surface area contributed by atoms with Crippen LogP contribution in [0.25, 0.3) is 0 Å². The Kier molecular flexibility index (Phi) is 4.34. The fourth-order valence-corrected chi connectivity index (χ4v) is 4.21. The molecule has 1 spiro atoms. The van der Waals surface area contributed by atoms with E-state index in [0.29, 0.717) is 37.2 Å². The number of ether oxygens (including phenoxy) is 2. The summed E-state index contributed by atoms with van der Waals surface area (Å²) in [6.45, 7) is 0. The molecule has 126 valence electrons. The van der Waals surface area contributed by atoms with Crippen molar-refractivity contribution in [1.29, 1.82) is 0 Å². The molecule has 2 N–H and O–H groups in total. The van der Waals surface area contributed by atoms with Gasteiger partial charge in [0.2, 0.25) is 0 Å². The van der Waals surface area contributed by atoms with Crippen LogP contribution in [0.15, 0.2) is 18.2 Å². The van der Waals surface area contributed by atoms with Crippen LogP contribution in [0.4, 0.5) is 0 Å². The zero-order valence-corrected chi connectivity index (χ0v) is 13.6. The van der Waals surface area contributed by atoms with Gasteiger partial charge in [0.1, 0.15) is 5.78 Å². The first-order valence-electron chi connectivity index (χ1n) is 8.12. The van der Waals surface area contributed by atoms with Crippen LogP contribution in [0.3, 0.4) is 0 Å². The quantitative estimate of drug-likeness (QED) is 0.891. The van der Waals surface area contributed by atoms with Crippen LogP contribution >= 0.6 is 0 Å². The molecule has 5 nitrogen and oxygen atoms in total. The maximum absolute atomic E-state index is 12.7. The number of hydrogen-bond acceptors (Lipinski definition) is 5. The van der Waals surface area contributed by atoms with Crippen LogP contribution in [-0.2, 0) is 4.79 Å². The zero-order valence-electron chi connectivity index (χ0n) is 13.6. The van der Waals surface area contributed by atoms with Gasteiger partial charge in [-0.25, -0.2) is 0 Å². The molecule has 0 aromatic heterocycles. The van der Waals surface area contributed by atoms with Crippen molar-refractivity contribution in [1.82, 2.24) is 0 Å². The number of ketones is 1. The molecular formula is C18H24O5. The first-order valence-corrected chi connectivity index (χ1v) is 8.12. The summed E-state index contributed by atoms with van der Waals surface area (Å²) in [5, 5.41) is 20.5. The summed E-state index contributed by atoms with van der Waals surface area (Å²) in [5.74, 6) is 1.13. The fraction of sp³-hybridized carbons (Fsp3) is 0.611. The van der Waals surface area contributed by atoms with Gasteiger partial charge in [-0.15, -0.1) is 0 Å². The van der Waals surface area contributed by atoms with Gasteiger partial charge in [-0.2, -0.15) is 0 Å². The Morgan fingerprint density at radius 2 is 1.70 bits per heavy atom. The lowest BCUT2D eigenvalue weighted by atomic mass is 9.65. The van der Waals surface area contributed by atoms with Crippen LogP contribution in [0.5, 0.6) is 11.5 Å². The Hall–Kier alpha value is -1.59. The van der Waals surface area contributed by atoms with Gasteiger partial charge in [0.15, 0.2) is 11.5 Å². The summed E-state index contributed by atoms with van der Waals surface area (Å²) in [4.78, 5) is 12.7. The minimum atomic E-state index is -0.635. The minimum Gasteiger partial charge on any atom is -0.493 e. The molecule has 0 amide bonds. The number of rotatable bonds is 3. The van der Waals surface area contributed by atoms with Crippen LogP contribution in [0, 0.1) is 5.41 Å². The number of carbonyl (C=O) groups is 1. The molecule has 3 rings (SSSR count). The summed E-state index contributed by atoms with van der Waals surface area (Å²) in [6.07, 6.45) is 1.56. The van der Waals surface area contributed by atoms with Gasteiger partial charge in [-0.05, 0) is 43.4 Å². The lowest BCUT2D eigenvalue weighted by Gasteiger charge is -2.41. The molecule has 0 saturated heterocycles. The van der Waals surface area contributed by atoms with Gasteiger partial charge in [0.25, 0.3) is 0 Å². The summed E-state index contributed by atoms with van der Waals surface area (Å²) < 4.78 is 10.5. The molecule has 2 aliphatic carbocycles. The summed E-state index contributed by atoms with van der Waals surface area (Å²) >= 11 is 0. The van der Waals surface area contributed by atoms with Gasteiger partial charge in [-0.3, -0.25) is 4.79 Å². The highest BCUT2D eigenvalue weighted by atomic mass is 16.5. The van der Waals surface area contributed by atoms with Crippen molar-refractivity contribution in [3.63, 3.8) is 0 Å². The summed E-state index contributed by atoms with van der Waals surface area (Å²) in [6, 6.07) is 5.55. The molecule has 0 radical (unpaired) electrons. The summed E-state index contributed by atoms with van der Waals surface area (Å²) in [7, 11) is 3.15.